The summed E-state index contributed by atoms with van der Waals surface area (Å²) in [5.74, 6) is 1.08. The smallest absolute Gasteiger partial charge is 0.165 e. The standard InChI is InChI=1S/C37H35N7O3/c38-35-31(5-2-15-40-35)36-42-33-13-12-32(27-3-1-4-30(22-27)43-17-19-47-20-18-43)41-37(33)44(36)29-10-7-25(8-11-29)14-16-39-23-26-6-9-28(24-45)34(46)21-26/h1-13,15,21-22,24,39,46H,14,16-20,23H2,(H2,38,40). The Hall–Kier alpha value is -5.58. The second-order valence-electron chi connectivity index (χ2n) is 11.5. The third-order valence-electron chi connectivity index (χ3n) is 8.44. The van der Waals surface area contributed by atoms with Gasteiger partial charge in [-0.1, -0.05) is 30.3 Å². The normalized spacial score (nSPS) is 13.2. The van der Waals surface area contributed by atoms with E-state index >= 15 is 0 Å². The number of hydrogen-bond donors (Lipinski definition) is 3. The van der Waals surface area contributed by atoms with Gasteiger partial charge in [0.05, 0.1) is 30.0 Å². The largest absolute Gasteiger partial charge is 0.507 e. The molecule has 1 fully saturated rings. The Labute approximate surface area is 272 Å². The van der Waals surface area contributed by atoms with Gasteiger partial charge in [-0.05, 0) is 84.8 Å². The lowest BCUT2D eigenvalue weighted by molar-refractivity contribution is 0.112. The van der Waals surface area contributed by atoms with E-state index < -0.39 is 0 Å². The lowest BCUT2D eigenvalue weighted by Gasteiger charge is -2.29. The first-order valence-corrected chi connectivity index (χ1v) is 15.7. The van der Waals surface area contributed by atoms with Crippen molar-refractivity contribution in [2.75, 3.05) is 43.5 Å². The Morgan fingerprint density at radius 3 is 2.51 bits per heavy atom. The van der Waals surface area contributed by atoms with Crippen molar-refractivity contribution < 1.29 is 14.6 Å². The van der Waals surface area contributed by atoms with Crippen molar-refractivity contribution in [2.24, 2.45) is 0 Å². The number of ether oxygens (including phenoxy) is 1. The minimum absolute atomic E-state index is 0.00237. The molecule has 1 aliphatic rings. The summed E-state index contributed by atoms with van der Waals surface area (Å²) in [4.78, 5) is 27.8. The average molecular weight is 626 g/mol. The van der Waals surface area contributed by atoms with Crippen molar-refractivity contribution in [1.29, 1.82) is 0 Å². The highest BCUT2D eigenvalue weighted by molar-refractivity contribution is 5.85. The van der Waals surface area contributed by atoms with E-state index in [0.717, 1.165) is 84.2 Å². The molecule has 3 aromatic carbocycles. The highest BCUT2D eigenvalue weighted by Crippen LogP contribution is 2.32. The van der Waals surface area contributed by atoms with Crippen LogP contribution in [-0.2, 0) is 17.7 Å². The molecule has 0 unspecified atom stereocenters. The fraction of sp³-hybridized carbons (Fsp3) is 0.189. The van der Waals surface area contributed by atoms with Crippen molar-refractivity contribution in [1.82, 2.24) is 24.8 Å². The summed E-state index contributed by atoms with van der Waals surface area (Å²) in [5, 5.41) is 13.4. The molecular formula is C37H35N7O3. The van der Waals surface area contributed by atoms with Gasteiger partial charge < -0.3 is 25.8 Å². The SMILES string of the molecule is Nc1ncccc1-c1nc2ccc(-c3cccc(N4CCOCC4)c3)nc2n1-c1ccc(CCNCc2ccc(C=O)c(O)c2)cc1. The molecule has 0 atom stereocenters. The lowest BCUT2D eigenvalue weighted by Crippen LogP contribution is -2.36. The number of phenolic OH excluding ortho intramolecular Hbond substituents is 1. The van der Waals surface area contributed by atoms with Gasteiger partial charge in [0.25, 0.3) is 0 Å². The number of aldehydes is 1. The quantitative estimate of drug-likeness (QED) is 0.135. The van der Waals surface area contributed by atoms with Crippen LogP contribution in [0.3, 0.4) is 0 Å². The number of aromatic hydroxyl groups is 1. The van der Waals surface area contributed by atoms with Crippen molar-refractivity contribution in [3.63, 3.8) is 0 Å². The number of fused-ring (bicyclic) bond motifs is 1. The number of nitrogen functional groups attached to an aromatic ring is 1. The molecular weight excluding hydrogens is 590 g/mol. The Balaban J connectivity index is 1.17. The van der Waals surface area contributed by atoms with E-state index in [1.807, 2.05) is 30.3 Å². The number of morpholine rings is 1. The minimum atomic E-state index is -0.00237. The molecule has 10 heteroatoms. The molecule has 0 amide bonds. The molecule has 6 aromatic rings. The first-order valence-electron chi connectivity index (χ1n) is 15.7. The van der Waals surface area contributed by atoms with Gasteiger partial charge in [0.1, 0.15) is 17.1 Å². The summed E-state index contributed by atoms with van der Waals surface area (Å²) in [6, 6.07) is 29.8. The molecule has 10 nitrogen and oxygen atoms in total. The van der Waals surface area contributed by atoms with Crippen LogP contribution in [0.15, 0.2) is 97.2 Å². The highest BCUT2D eigenvalue weighted by Gasteiger charge is 2.19. The number of imidazole rings is 1. The lowest BCUT2D eigenvalue weighted by atomic mass is 10.1. The molecule has 0 spiro atoms. The van der Waals surface area contributed by atoms with E-state index in [1.165, 1.54) is 5.56 Å². The van der Waals surface area contributed by atoms with Crippen LogP contribution in [0, 0.1) is 0 Å². The zero-order chi connectivity index (χ0) is 32.2. The molecule has 236 valence electrons. The molecule has 3 aromatic heterocycles. The van der Waals surface area contributed by atoms with Gasteiger partial charge >= 0.3 is 0 Å². The number of nitrogens with zero attached hydrogens (tertiary/aromatic N) is 5. The Morgan fingerprint density at radius 2 is 1.72 bits per heavy atom. The second-order valence-corrected chi connectivity index (χ2v) is 11.5. The summed E-state index contributed by atoms with van der Waals surface area (Å²) >= 11 is 0. The van der Waals surface area contributed by atoms with Crippen LogP contribution in [0.1, 0.15) is 21.5 Å². The monoisotopic (exact) mass is 625 g/mol. The zero-order valence-corrected chi connectivity index (χ0v) is 25.8. The van der Waals surface area contributed by atoms with E-state index in [9.17, 15) is 9.90 Å². The third kappa shape index (κ3) is 6.42. The maximum atomic E-state index is 11.0. The van der Waals surface area contributed by atoms with Gasteiger partial charge in [-0.2, -0.15) is 0 Å². The van der Waals surface area contributed by atoms with Crippen molar-refractivity contribution in [2.45, 2.75) is 13.0 Å². The van der Waals surface area contributed by atoms with E-state index in [1.54, 1.807) is 18.3 Å². The summed E-state index contributed by atoms with van der Waals surface area (Å²) in [6.07, 6.45) is 3.14. The van der Waals surface area contributed by atoms with Crippen molar-refractivity contribution in [3.05, 3.63) is 114 Å². The van der Waals surface area contributed by atoms with Crippen LogP contribution in [0.25, 0.3) is 39.5 Å². The molecule has 0 bridgehead atoms. The van der Waals surface area contributed by atoms with Crippen LogP contribution in [-0.4, -0.2) is 63.8 Å². The summed E-state index contributed by atoms with van der Waals surface area (Å²) < 4.78 is 7.60. The minimum Gasteiger partial charge on any atom is -0.507 e. The fourth-order valence-electron chi connectivity index (χ4n) is 5.91. The van der Waals surface area contributed by atoms with Gasteiger partial charge in [-0.3, -0.25) is 9.36 Å². The third-order valence-corrected chi connectivity index (χ3v) is 8.44. The molecule has 0 aliphatic carbocycles. The van der Waals surface area contributed by atoms with Crippen LogP contribution in [0.4, 0.5) is 11.5 Å². The number of nitrogens with one attached hydrogen (secondary N) is 1. The maximum absolute atomic E-state index is 11.0. The van der Waals surface area contributed by atoms with Crippen LogP contribution >= 0.6 is 0 Å². The van der Waals surface area contributed by atoms with E-state index in [-0.39, 0.29) is 5.75 Å². The van der Waals surface area contributed by atoms with E-state index in [2.05, 4.69) is 68.3 Å². The number of carbonyl (C=O) groups is 1. The summed E-state index contributed by atoms with van der Waals surface area (Å²) in [5.41, 5.74) is 14.9. The van der Waals surface area contributed by atoms with Crippen molar-refractivity contribution in [3.8, 4) is 34.1 Å². The summed E-state index contributed by atoms with van der Waals surface area (Å²) in [6.45, 7) is 4.52. The van der Waals surface area contributed by atoms with Crippen LogP contribution < -0.4 is 16.0 Å². The Kier molecular flexibility index (Phi) is 8.59. The number of nitrogens with two attached hydrogens (primary N) is 1. The average Bonchev–Trinajstić information content (AvgIpc) is 3.50. The number of phenols is 1. The molecule has 1 aliphatic heterocycles. The van der Waals surface area contributed by atoms with Crippen LogP contribution in [0.5, 0.6) is 5.75 Å². The van der Waals surface area contributed by atoms with Gasteiger partial charge in [0.2, 0.25) is 0 Å². The molecule has 1 saturated heterocycles. The number of hydrogen-bond acceptors (Lipinski definition) is 9. The Bertz CT molecular complexity index is 2030. The van der Waals surface area contributed by atoms with Gasteiger partial charge in [0.15, 0.2) is 17.8 Å². The number of anilines is 2. The molecule has 7 rings (SSSR count). The highest BCUT2D eigenvalue weighted by atomic mass is 16.5. The molecule has 4 N–H and O–H groups in total. The van der Waals surface area contributed by atoms with Gasteiger partial charge in [-0.15, -0.1) is 0 Å². The van der Waals surface area contributed by atoms with Crippen molar-refractivity contribution >= 4 is 29.0 Å². The number of aromatic nitrogens is 4. The molecule has 47 heavy (non-hydrogen) atoms. The van der Waals surface area contributed by atoms with E-state index in [4.69, 9.17) is 20.4 Å². The number of benzene rings is 3. The van der Waals surface area contributed by atoms with Crippen LogP contribution in [0.2, 0.25) is 0 Å². The van der Waals surface area contributed by atoms with Gasteiger partial charge in [0, 0.05) is 42.8 Å². The fourth-order valence-corrected chi connectivity index (χ4v) is 5.91. The molecule has 0 radical (unpaired) electrons. The second kappa shape index (κ2) is 13.4. The number of rotatable bonds is 10. The first-order chi connectivity index (χ1) is 23.1. The number of pyridine rings is 2. The van der Waals surface area contributed by atoms with E-state index in [0.29, 0.717) is 30.0 Å². The first kappa shape index (κ1) is 30.1. The topological polar surface area (TPSA) is 131 Å². The Morgan fingerprint density at radius 1 is 0.894 bits per heavy atom. The molecule has 0 saturated carbocycles. The zero-order valence-electron chi connectivity index (χ0n) is 25.8. The predicted molar refractivity (Wildman–Crippen MR) is 184 cm³/mol. The molecule has 4 heterocycles. The summed E-state index contributed by atoms with van der Waals surface area (Å²) in [7, 11) is 0. The predicted octanol–water partition coefficient (Wildman–Crippen LogP) is 5.42. The van der Waals surface area contributed by atoms with Gasteiger partial charge in [-0.25, -0.2) is 15.0 Å². The number of carbonyl (C=O) groups excluding carboxylic acids is 1. The maximum Gasteiger partial charge on any atom is 0.165 e.